The summed E-state index contributed by atoms with van der Waals surface area (Å²) in [7, 11) is 0. The number of alkyl halides is 3. The van der Waals surface area contributed by atoms with E-state index in [1.165, 1.54) is 31.3 Å². The molecule has 2 heterocycles. The van der Waals surface area contributed by atoms with E-state index < -0.39 is 77.2 Å². The average molecular weight is 632 g/mol. The van der Waals surface area contributed by atoms with Gasteiger partial charge in [0.25, 0.3) is 5.91 Å². The number of pyridine rings is 1. The molecule has 236 valence electrons. The van der Waals surface area contributed by atoms with Crippen LogP contribution < -0.4 is 11.1 Å². The van der Waals surface area contributed by atoms with Gasteiger partial charge in [-0.25, -0.2) is 13.2 Å². The normalized spacial score (nSPS) is 18.5. The smallest absolute Gasteiger partial charge is 0.387 e. The maximum Gasteiger partial charge on any atom is 0.435 e. The van der Waals surface area contributed by atoms with Gasteiger partial charge in [0, 0.05) is 23.4 Å². The number of aliphatic hydroxyl groups excluding tert-OH is 1. The summed E-state index contributed by atoms with van der Waals surface area (Å²) in [5.41, 5.74) is 4.24. The Morgan fingerprint density at radius 1 is 1.07 bits per heavy atom. The molecule has 0 spiro atoms. The molecule has 0 bridgehead atoms. The number of primary amides is 1. The molecule has 5 rings (SSSR count). The second-order valence-electron chi connectivity index (χ2n) is 11.0. The fourth-order valence-electron chi connectivity index (χ4n) is 5.74. The summed E-state index contributed by atoms with van der Waals surface area (Å²) < 4.78 is 84.9. The number of aromatic nitrogens is 3. The maximum absolute atomic E-state index is 14.2. The van der Waals surface area contributed by atoms with E-state index in [-0.39, 0.29) is 34.5 Å². The molecule has 0 fully saturated rings. The van der Waals surface area contributed by atoms with E-state index in [4.69, 9.17) is 5.73 Å². The molecule has 1 aliphatic carbocycles. The molecular formula is C31H27F6N5O3. The van der Waals surface area contributed by atoms with Crippen molar-refractivity contribution in [3.05, 3.63) is 106 Å². The molecule has 2 aromatic heterocycles. The molecule has 2 amide bonds. The Balaban J connectivity index is 1.55. The number of benzene rings is 2. The number of rotatable bonds is 8. The summed E-state index contributed by atoms with van der Waals surface area (Å²) in [6.07, 6.45) is -5.00. The van der Waals surface area contributed by atoms with Crippen molar-refractivity contribution in [2.45, 2.75) is 51.1 Å². The number of nitrogens with two attached hydrogens (primary N) is 1. The second-order valence-corrected chi connectivity index (χ2v) is 11.0. The molecule has 2 aromatic carbocycles. The molecule has 1 aliphatic rings. The van der Waals surface area contributed by atoms with Crippen LogP contribution >= 0.6 is 0 Å². The quantitative estimate of drug-likeness (QED) is 0.226. The van der Waals surface area contributed by atoms with Crippen molar-refractivity contribution in [1.29, 1.82) is 0 Å². The highest BCUT2D eigenvalue weighted by atomic mass is 19.4. The lowest BCUT2D eigenvalue weighted by atomic mass is 9.94. The molecule has 0 saturated carbocycles. The minimum Gasteiger partial charge on any atom is -0.387 e. The minimum atomic E-state index is -4.84. The van der Waals surface area contributed by atoms with Crippen LogP contribution in [-0.2, 0) is 23.9 Å². The number of nitrogens with zero attached hydrogens (tertiary/aromatic N) is 3. The van der Waals surface area contributed by atoms with Crippen molar-refractivity contribution >= 4 is 11.8 Å². The Kier molecular flexibility index (Phi) is 8.45. The molecule has 4 aromatic rings. The standard InChI is InChI=1S/C31H27F6N5O3/c1-14-15(2)28(44)27-25(14)29(31(35,36)37)41-42(27)13-24(43)40-23(10-16-8-18(32)12-19(33)9-16)26-20(4-3-7-39-26)17-5-6-22(34)21(11-17)30(38)45/h3-9,11-12,14-15,23,28,44H,10,13H2,1-2H3,(H2,38,45)(H,40,43)/t14?,15-,23-,28-/m0/s1. The van der Waals surface area contributed by atoms with Crippen molar-refractivity contribution in [1.82, 2.24) is 20.1 Å². The number of halogens is 6. The Morgan fingerprint density at radius 2 is 1.76 bits per heavy atom. The summed E-state index contributed by atoms with van der Waals surface area (Å²) in [6, 6.07) is 8.26. The van der Waals surface area contributed by atoms with Crippen LogP contribution in [0.3, 0.4) is 0 Å². The van der Waals surface area contributed by atoms with Gasteiger partial charge in [0.1, 0.15) is 24.0 Å². The number of nitrogens with one attached hydrogen (secondary N) is 1. The van der Waals surface area contributed by atoms with Crippen LogP contribution in [0.2, 0.25) is 0 Å². The average Bonchev–Trinajstić information content (AvgIpc) is 3.44. The lowest BCUT2D eigenvalue weighted by Crippen LogP contribution is -2.34. The first-order chi connectivity index (χ1) is 21.1. The summed E-state index contributed by atoms with van der Waals surface area (Å²) in [5, 5.41) is 17.1. The van der Waals surface area contributed by atoms with Crippen LogP contribution in [-0.4, -0.2) is 31.7 Å². The Hall–Kier alpha value is -4.72. The molecular weight excluding hydrogens is 604 g/mol. The lowest BCUT2D eigenvalue weighted by Gasteiger charge is -2.22. The van der Waals surface area contributed by atoms with Crippen molar-refractivity contribution in [2.75, 3.05) is 0 Å². The zero-order valence-corrected chi connectivity index (χ0v) is 23.9. The third-order valence-electron chi connectivity index (χ3n) is 8.02. The first kappa shape index (κ1) is 31.7. The number of hydrogen-bond donors (Lipinski definition) is 3. The largest absolute Gasteiger partial charge is 0.435 e. The van der Waals surface area contributed by atoms with Gasteiger partial charge in [-0.2, -0.15) is 18.3 Å². The van der Waals surface area contributed by atoms with Gasteiger partial charge >= 0.3 is 6.18 Å². The van der Waals surface area contributed by atoms with Crippen LogP contribution in [0.5, 0.6) is 0 Å². The van der Waals surface area contributed by atoms with Gasteiger partial charge in [0.2, 0.25) is 5.91 Å². The molecule has 0 saturated heterocycles. The van der Waals surface area contributed by atoms with Crippen LogP contribution in [0.1, 0.15) is 70.5 Å². The van der Waals surface area contributed by atoms with Gasteiger partial charge in [-0.05, 0) is 59.7 Å². The van der Waals surface area contributed by atoms with Gasteiger partial charge in [-0.3, -0.25) is 19.3 Å². The molecule has 1 unspecified atom stereocenters. The molecule has 0 radical (unpaired) electrons. The summed E-state index contributed by atoms with van der Waals surface area (Å²) in [4.78, 5) is 29.6. The fourth-order valence-corrected chi connectivity index (χ4v) is 5.74. The van der Waals surface area contributed by atoms with E-state index in [0.717, 1.165) is 22.9 Å². The highest BCUT2D eigenvalue weighted by Crippen LogP contribution is 2.49. The minimum absolute atomic E-state index is 0.115. The molecule has 8 nitrogen and oxygen atoms in total. The first-order valence-electron chi connectivity index (χ1n) is 13.8. The monoisotopic (exact) mass is 631 g/mol. The number of carbonyl (C=O) groups is 2. The Bertz CT molecular complexity index is 1770. The van der Waals surface area contributed by atoms with Gasteiger partial charge in [-0.1, -0.05) is 26.0 Å². The molecule has 45 heavy (non-hydrogen) atoms. The van der Waals surface area contributed by atoms with E-state index >= 15 is 0 Å². The van der Waals surface area contributed by atoms with Gasteiger partial charge in [0.05, 0.1) is 29.1 Å². The number of fused-ring (bicyclic) bond motifs is 1. The SMILES string of the molecule is CC1c2c(C(F)(F)F)nn(CC(=O)N[C@@H](Cc3cc(F)cc(F)c3)c3ncccc3-c3ccc(F)c(C(N)=O)c3)c2[C@@H](O)[C@H]1C. The van der Waals surface area contributed by atoms with Crippen LogP contribution in [0.4, 0.5) is 26.3 Å². The third kappa shape index (κ3) is 6.27. The zero-order valence-electron chi connectivity index (χ0n) is 23.9. The van der Waals surface area contributed by atoms with E-state index in [1.54, 1.807) is 13.0 Å². The first-order valence-corrected chi connectivity index (χ1v) is 13.8. The van der Waals surface area contributed by atoms with Gasteiger partial charge in [0.15, 0.2) is 5.69 Å². The zero-order chi connectivity index (χ0) is 32.8. The van der Waals surface area contributed by atoms with Crippen molar-refractivity contribution in [3.8, 4) is 11.1 Å². The highest BCUT2D eigenvalue weighted by molar-refractivity contribution is 5.94. The summed E-state index contributed by atoms with van der Waals surface area (Å²) >= 11 is 0. The van der Waals surface area contributed by atoms with Crippen LogP contribution in [0, 0.1) is 23.4 Å². The van der Waals surface area contributed by atoms with E-state index in [2.05, 4.69) is 15.4 Å². The molecule has 0 aliphatic heterocycles. The van der Waals surface area contributed by atoms with Gasteiger partial charge in [-0.15, -0.1) is 0 Å². The van der Waals surface area contributed by atoms with E-state index in [0.29, 0.717) is 11.6 Å². The van der Waals surface area contributed by atoms with Crippen molar-refractivity contribution in [3.63, 3.8) is 0 Å². The molecule has 4 atom stereocenters. The van der Waals surface area contributed by atoms with Gasteiger partial charge < -0.3 is 16.2 Å². The van der Waals surface area contributed by atoms with E-state index in [1.807, 2.05) is 0 Å². The second kappa shape index (κ2) is 12.0. The lowest BCUT2D eigenvalue weighted by molar-refractivity contribution is -0.142. The Morgan fingerprint density at radius 3 is 2.40 bits per heavy atom. The Labute approximate surface area is 252 Å². The molecule has 14 heteroatoms. The number of amides is 2. The summed E-state index contributed by atoms with van der Waals surface area (Å²) in [6.45, 7) is 2.40. The maximum atomic E-state index is 14.2. The third-order valence-corrected chi connectivity index (χ3v) is 8.02. The topological polar surface area (TPSA) is 123 Å². The number of hydrogen-bond acceptors (Lipinski definition) is 5. The van der Waals surface area contributed by atoms with Crippen LogP contribution in [0.25, 0.3) is 11.1 Å². The van der Waals surface area contributed by atoms with Crippen molar-refractivity contribution < 1.29 is 41.0 Å². The summed E-state index contributed by atoms with van der Waals surface area (Å²) in [5.74, 6) is -5.76. The highest BCUT2D eigenvalue weighted by Gasteiger charge is 2.48. The predicted octanol–water partition coefficient (Wildman–Crippen LogP) is 5.37. The number of carbonyl (C=O) groups excluding carboxylic acids is 2. The fraction of sp³-hybridized carbons (Fsp3) is 0.290. The van der Waals surface area contributed by atoms with Crippen LogP contribution in [0.15, 0.2) is 54.7 Å². The predicted molar refractivity (Wildman–Crippen MR) is 149 cm³/mol. The van der Waals surface area contributed by atoms with Crippen molar-refractivity contribution in [2.24, 2.45) is 11.7 Å². The number of aliphatic hydroxyl groups is 1. The van der Waals surface area contributed by atoms with E-state index in [9.17, 15) is 41.0 Å². The molecule has 4 N–H and O–H groups in total.